The Kier molecular flexibility index (Phi) is 6.45. The Morgan fingerprint density at radius 2 is 1.76 bits per heavy atom. The van der Waals surface area contributed by atoms with Gasteiger partial charge in [0.15, 0.2) is 5.65 Å². The van der Waals surface area contributed by atoms with Crippen LogP contribution in [0.25, 0.3) is 44.4 Å². The molecule has 1 amide bonds. The Morgan fingerprint density at radius 1 is 0.976 bits per heavy atom. The number of halogens is 3. The first-order valence-corrected chi connectivity index (χ1v) is 12.7. The zero-order chi connectivity index (χ0) is 29.7. The van der Waals surface area contributed by atoms with E-state index in [1.807, 2.05) is 0 Å². The van der Waals surface area contributed by atoms with Crippen LogP contribution in [0.15, 0.2) is 76.2 Å². The highest BCUT2D eigenvalue weighted by molar-refractivity contribution is 5.99. The number of nitrogens with zero attached hydrogens (tertiary/aromatic N) is 4. The molecule has 12 heteroatoms. The summed E-state index contributed by atoms with van der Waals surface area (Å²) in [6.45, 7) is 2.93. The molecule has 0 aliphatic heterocycles. The minimum atomic E-state index is -0.877. The Bertz CT molecular complexity index is 2110. The molecule has 0 spiro atoms. The van der Waals surface area contributed by atoms with Crippen molar-refractivity contribution in [2.75, 3.05) is 11.1 Å². The van der Waals surface area contributed by atoms with Crippen LogP contribution in [0.3, 0.4) is 0 Å². The van der Waals surface area contributed by atoms with Crippen molar-refractivity contribution in [3.8, 4) is 22.4 Å². The molecule has 1 unspecified atom stereocenters. The van der Waals surface area contributed by atoms with E-state index in [0.29, 0.717) is 10.9 Å². The largest absolute Gasteiger partial charge is 0.458 e. The fourth-order valence-electron chi connectivity index (χ4n) is 4.96. The number of benzene rings is 3. The van der Waals surface area contributed by atoms with Crippen molar-refractivity contribution in [3.63, 3.8) is 0 Å². The number of anilines is 2. The maximum Gasteiger partial charge on any atom is 0.221 e. The van der Waals surface area contributed by atoms with Gasteiger partial charge in [0.25, 0.3) is 0 Å². The Labute approximate surface area is 235 Å². The second-order valence-electron chi connectivity index (χ2n) is 9.60. The molecular formula is C30H21F3N6O3. The van der Waals surface area contributed by atoms with Gasteiger partial charge in [0, 0.05) is 12.5 Å². The smallest absolute Gasteiger partial charge is 0.221 e. The maximum atomic E-state index is 14.9. The third kappa shape index (κ3) is 4.42. The third-order valence-corrected chi connectivity index (χ3v) is 6.83. The molecule has 42 heavy (non-hydrogen) atoms. The molecule has 6 rings (SSSR count). The first kappa shape index (κ1) is 26.7. The molecule has 3 N–H and O–H groups in total. The van der Waals surface area contributed by atoms with Gasteiger partial charge in [0.05, 0.1) is 16.6 Å². The van der Waals surface area contributed by atoms with Crippen LogP contribution in [-0.4, -0.2) is 25.7 Å². The van der Waals surface area contributed by atoms with Gasteiger partial charge in [-0.15, -0.1) is 0 Å². The summed E-state index contributed by atoms with van der Waals surface area (Å²) in [5, 5.41) is 7.11. The lowest BCUT2D eigenvalue weighted by molar-refractivity contribution is -0.114. The van der Waals surface area contributed by atoms with Crippen LogP contribution in [0, 0.1) is 17.5 Å². The summed E-state index contributed by atoms with van der Waals surface area (Å²) in [5.74, 6) is -2.40. The number of hydrogen-bond donors (Lipinski definition) is 2. The van der Waals surface area contributed by atoms with E-state index in [0.717, 1.165) is 12.1 Å². The molecule has 3 aromatic carbocycles. The zero-order valence-corrected chi connectivity index (χ0v) is 22.2. The first-order chi connectivity index (χ1) is 20.1. The van der Waals surface area contributed by atoms with Crippen molar-refractivity contribution in [3.05, 3.63) is 100 Å². The van der Waals surface area contributed by atoms with Crippen LogP contribution < -0.4 is 16.5 Å². The minimum Gasteiger partial charge on any atom is -0.458 e. The van der Waals surface area contributed by atoms with Crippen molar-refractivity contribution in [2.45, 2.75) is 19.9 Å². The lowest BCUT2D eigenvalue weighted by atomic mass is 9.99. The Balaban J connectivity index is 1.60. The predicted octanol–water partition coefficient (Wildman–Crippen LogP) is 5.83. The summed E-state index contributed by atoms with van der Waals surface area (Å²) in [7, 11) is 0. The molecule has 0 bridgehead atoms. The quantitative estimate of drug-likeness (QED) is 0.267. The SMILES string of the molecule is CC(=O)Nc1ccc(-c2nn(C(C)c3oc4cccc(F)c4c(=O)c3-c3cccc(F)c3)c3ncnc(N)c23)cc1F. The second kappa shape index (κ2) is 10.1. The summed E-state index contributed by atoms with van der Waals surface area (Å²) in [4.78, 5) is 33.6. The number of fused-ring (bicyclic) bond motifs is 2. The number of aromatic nitrogens is 4. The molecule has 0 fully saturated rings. The van der Waals surface area contributed by atoms with E-state index in [-0.39, 0.29) is 50.7 Å². The van der Waals surface area contributed by atoms with Gasteiger partial charge in [0.2, 0.25) is 11.3 Å². The summed E-state index contributed by atoms with van der Waals surface area (Å²) < 4.78 is 51.6. The third-order valence-electron chi connectivity index (χ3n) is 6.83. The van der Waals surface area contributed by atoms with Crippen LogP contribution in [0.4, 0.5) is 24.7 Å². The van der Waals surface area contributed by atoms with E-state index in [1.165, 1.54) is 60.4 Å². The van der Waals surface area contributed by atoms with Gasteiger partial charge in [0.1, 0.15) is 58.1 Å². The van der Waals surface area contributed by atoms with Gasteiger partial charge >= 0.3 is 0 Å². The molecule has 0 radical (unpaired) electrons. The predicted molar refractivity (Wildman–Crippen MR) is 151 cm³/mol. The van der Waals surface area contributed by atoms with Crippen molar-refractivity contribution in [1.82, 2.24) is 19.7 Å². The normalized spacial score (nSPS) is 12.1. The van der Waals surface area contributed by atoms with Crippen molar-refractivity contribution in [1.29, 1.82) is 0 Å². The molecule has 3 aromatic heterocycles. The molecular weight excluding hydrogens is 549 g/mol. The topological polar surface area (TPSA) is 129 Å². The number of carbonyl (C=O) groups is 1. The highest BCUT2D eigenvalue weighted by atomic mass is 19.1. The monoisotopic (exact) mass is 570 g/mol. The number of nitrogen functional groups attached to an aromatic ring is 1. The molecule has 0 saturated heterocycles. The summed E-state index contributed by atoms with van der Waals surface area (Å²) in [5.41, 5.74) is 6.40. The van der Waals surface area contributed by atoms with Gasteiger partial charge in [-0.3, -0.25) is 9.59 Å². The van der Waals surface area contributed by atoms with E-state index >= 15 is 0 Å². The van der Waals surface area contributed by atoms with Crippen LogP contribution in [-0.2, 0) is 4.79 Å². The Hall–Kier alpha value is -5.52. The van der Waals surface area contributed by atoms with Gasteiger partial charge < -0.3 is 15.5 Å². The average Bonchev–Trinajstić information content (AvgIpc) is 3.34. The molecule has 9 nitrogen and oxygen atoms in total. The van der Waals surface area contributed by atoms with E-state index in [1.54, 1.807) is 13.0 Å². The fraction of sp³-hybridized carbons (Fsp3) is 0.100. The number of carbonyl (C=O) groups excluding carboxylic acids is 1. The summed E-state index contributed by atoms with van der Waals surface area (Å²) >= 11 is 0. The first-order valence-electron chi connectivity index (χ1n) is 12.7. The molecule has 0 saturated carbocycles. The Morgan fingerprint density at radius 3 is 2.50 bits per heavy atom. The number of hydrogen-bond acceptors (Lipinski definition) is 7. The summed E-state index contributed by atoms with van der Waals surface area (Å²) in [6.07, 6.45) is 1.23. The van der Waals surface area contributed by atoms with Crippen molar-refractivity contribution >= 4 is 39.4 Å². The van der Waals surface area contributed by atoms with Gasteiger partial charge in [-0.25, -0.2) is 27.8 Å². The highest BCUT2D eigenvalue weighted by Gasteiger charge is 2.28. The molecule has 6 aromatic rings. The summed E-state index contributed by atoms with van der Waals surface area (Å²) in [6, 6.07) is 12.6. The molecule has 0 aliphatic rings. The second-order valence-corrected chi connectivity index (χ2v) is 9.60. The van der Waals surface area contributed by atoms with E-state index in [4.69, 9.17) is 10.2 Å². The van der Waals surface area contributed by atoms with Crippen molar-refractivity contribution < 1.29 is 22.4 Å². The number of nitrogens with one attached hydrogen (secondary N) is 1. The van der Waals surface area contributed by atoms with Crippen LogP contribution in [0.1, 0.15) is 25.6 Å². The number of rotatable bonds is 5. The number of nitrogens with two attached hydrogens (primary N) is 1. The molecule has 1 atom stereocenters. The molecule has 3 heterocycles. The van der Waals surface area contributed by atoms with Gasteiger partial charge in [-0.2, -0.15) is 5.10 Å². The maximum absolute atomic E-state index is 14.9. The molecule has 0 aliphatic carbocycles. The van der Waals surface area contributed by atoms with E-state index in [9.17, 15) is 22.8 Å². The highest BCUT2D eigenvalue weighted by Crippen LogP contribution is 2.37. The minimum absolute atomic E-state index is 0.0107. The van der Waals surface area contributed by atoms with Crippen LogP contribution >= 0.6 is 0 Å². The van der Waals surface area contributed by atoms with Crippen LogP contribution in [0.5, 0.6) is 0 Å². The lowest BCUT2D eigenvalue weighted by Gasteiger charge is -2.17. The van der Waals surface area contributed by atoms with E-state index in [2.05, 4.69) is 20.4 Å². The zero-order valence-electron chi connectivity index (χ0n) is 22.2. The van der Waals surface area contributed by atoms with Crippen molar-refractivity contribution in [2.24, 2.45) is 0 Å². The standard InChI is InChI=1S/C30H21F3N6O3/c1-14(28-23(16-5-3-6-18(31)11-16)27(41)24-19(32)7-4-8-22(24)42-28)39-30-25(29(34)35-13-36-30)26(38-39)17-9-10-21(20(33)12-17)37-15(2)40/h3-14H,1-2H3,(H,37,40)(H2,34,35,36). The van der Waals surface area contributed by atoms with Gasteiger partial charge in [-0.05, 0) is 48.9 Å². The van der Waals surface area contributed by atoms with Gasteiger partial charge in [-0.1, -0.05) is 24.3 Å². The van der Waals surface area contributed by atoms with E-state index < -0.39 is 34.8 Å². The average molecular weight is 571 g/mol. The van der Waals surface area contributed by atoms with Crippen LogP contribution in [0.2, 0.25) is 0 Å². The number of amides is 1. The fourth-order valence-corrected chi connectivity index (χ4v) is 4.96. The lowest BCUT2D eigenvalue weighted by Crippen LogP contribution is -2.17. The molecule has 210 valence electrons.